The van der Waals surface area contributed by atoms with Crippen molar-refractivity contribution in [3.63, 3.8) is 0 Å². The summed E-state index contributed by atoms with van der Waals surface area (Å²) in [5, 5.41) is 14.7. The molecule has 4 rings (SSSR count). The first kappa shape index (κ1) is 13.4. The van der Waals surface area contributed by atoms with E-state index in [-0.39, 0.29) is 5.91 Å². The van der Waals surface area contributed by atoms with Gasteiger partial charge in [-0.1, -0.05) is 36.4 Å². The first-order valence-electron chi connectivity index (χ1n) is 7.30. The second-order valence-electron chi connectivity index (χ2n) is 5.35. The number of aromatic nitrogens is 2. The molecule has 0 aliphatic heterocycles. The van der Waals surface area contributed by atoms with E-state index in [1.54, 1.807) is 18.5 Å². The van der Waals surface area contributed by atoms with Gasteiger partial charge in [0.15, 0.2) is 0 Å². The number of nitrogens with zero attached hydrogens (tertiary/aromatic N) is 2. The lowest BCUT2D eigenvalue weighted by atomic mass is 10.1. The summed E-state index contributed by atoms with van der Waals surface area (Å²) in [4.78, 5) is 12.4. The summed E-state index contributed by atoms with van der Waals surface area (Å²) >= 11 is 0. The molecule has 0 spiro atoms. The monoisotopic (exact) mass is 299 g/mol. The Bertz CT molecular complexity index is 1030. The first-order valence-corrected chi connectivity index (χ1v) is 7.30. The third kappa shape index (κ3) is 2.62. The zero-order valence-corrected chi connectivity index (χ0v) is 12.2. The van der Waals surface area contributed by atoms with Crippen LogP contribution in [-0.4, -0.2) is 16.1 Å². The van der Waals surface area contributed by atoms with E-state index in [2.05, 4.69) is 15.5 Å². The van der Waals surface area contributed by atoms with Gasteiger partial charge in [0.2, 0.25) is 0 Å². The van der Waals surface area contributed by atoms with Crippen LogP contribution in [0.5, 0.6) is 0 Å². The number of amides is 1. The number of hydrogen-bond acceptors (Lipinski definition) is 3. The molecule has 1 heterocycles. The Morgan fingerprint density at radius 3 is 2.35 bits per heavy atom. The maximum atomic E-state index is 12.4. The maximum absolute atomic E-state index is 12.4. The van der Waals surface area contributed by atoms with E-state index in [9.17, 15) is 4.79 Å². The Kier molecular flexibility index (Phi) is 3.20. The number of rotatable bonds is 2. The van der Waals surface area contributed by atoms with Crippen LogP contribution < -0.4 is 5.32 Å². The molecule has 23 heavy (non-hydrogen) atoms. The largest absolute Gasteiger partial charge is 0.322 e. The molecule has 0 bridgehead atoms. The fourth-order valence-electron chi connectivity index (χ4n) is 2.61. The van der Waals surface area contributed by atoms with Crippen LogP contribution in [0.1, 0.15) is 10.4 Å². The Morgan fingerprint density at radius 2 is 1.48 bits per heavy atom. The quantitative estimate of drug-likeness (QED) is 0.608. The highest BCUT2D eigenvalue weighted by molar-refractivity contribution is 6.07. The number of nitrogens with one attached hydrogen (secondary N) is 1. The summed E-state index contributed by atoms with van der Waals surface area (Å²) in [5.41, 5.74) is 1.38. The Labute approximate surface area is 132 Å². The second-order valence-corrected chi connectivity index (χ2v) is 5.35. The van der Waals surface area contributed by atoms with Crippen molar-refractivity contribution in [3.05, 3.63) is 78.6 Å². The summed E-state index contributed by atoms with van der Waals surface area (Å²) < 4.78 is 0. The molecule has 0 atom stereocenters. The molecule has 4 aromatic rings. The predicted molar refractivity (Wildman–Crippen MR) is 91.4 cm³/mol. The normalized spacial score (nSPS) is 10.8. The topological polar surface area (TPSA) is 54.9 Å². The number of fused-ring (bicyclic) bond motifs is 2. The predicted octanol–water partition coefficient (Wildman–Crippen LogP) is 4.04. The lowest BCUT2D eigenvalue weighted by molar-refractivity contribution is 0.102. The Morgan fingerprint density at radius 1 is 0.739 bits per heavy atom. The molecule has 1 N–H and O–H groups in total. The third-order valence-electron chi connectivity index (χ3n) is 3.82. The zero-order chi connectivity index (χ0) is 15.6. The van der Waals surface area contributed by atoms with Crippen molar-refractivity contribution in [2.45, 2.75) is 0 Å². The van der Waals surface area contributed by atoms with Gasteiger partial charge in [-0.15, -0.1) is 0 Å². The van der Waals surface area contributed by atoms with Crippen LogP contribution in [-0.2, 0) is 0 Å². The van der Waals surface area contributed by atoms with E-state index in [1.165, 1.54) is 0 Å². The minimum atomic E-state index is -0.140. The molecule has 0 aliphatic carbocycles. The number of benzene rings is 3. The van der Waals surface area contributed by atoms with E-state index in [0.29, 0.717) is 5.56 Å². The van der Waals surface area contributed by atoms with Crippen molar-refractivity contribution in [2.24, 2.45) is 0 Å². The Balaban J connectivity index is 1.64. The molecule has 0 radical (unpaired) electrons. The molecule has 0 fully saturated rings. The number of hydrogen-bond donors (Lipinski definition) is 1. The summed E-state index contributed by atoms with van der Waals surface area (Å²) in [6, 6.07) is 19.4. The zero-order valence-electron chi connectivity index (χ0n) is 12.2. The molecule has 0 unspecified atom stereocenters. The molecule has 0 aliphatic rings. The SMILES string of the molecule is O=C(Nc1ccc2ccccc2c1)c1ccc2cnncc2c1. The van der Waals surface area contributed by atoms with Gasteiger partial charge in [0, 0.05) is 22.0 Å². The molecule has 1 amide bonds. The highest BCUT2D eigenvalue weighted by atomic mass is 16.1. The smallest absolute Gasteiger partial charge is 0.255 e. The fourth-order valence-corrected chi connectivity index (χ4v) is 2.61. The van der Waals surface area contributed by atoms with Crippen molar-refractivity contribution in [3.8, 4) is 0 Å². The van der Waals surface area contributed by atoms with Gasteiger partial charge in [0.25, 0.3) is 5.91 Å². The standard InChI is InChI=1S/C19H13N3O/c23-19(15-5-6-16-11-20-21-12-17(16)9-15)22-18-8-7-13-3-1-2-4-14(13)10-18/h1-12H,(H,22,23). The van der Waals surface area contributed by atoms with Crippen LogP contribution in [0.3, 0.4) is 0 Å². The van der Waals surface area contributed by atoms with Crippen LogP contribution in [0.25, 0.3) is 21.5 Å². The van der Waals surface area contributed by atoms with Crippen LogP contribution in [0.4, 0.5) is 5.69 Å². The summed E-state index contributed by atoms with van der Waals surface area (Å²) in [6.45, 7) is 0. The van der Waals surface area contributed by atoms with Gasteiger partial charge in [0.05, 0.1) is 12.4 Å². The molecule has 110 valence electrons. The van der Waals surface area contributed by atoms with Crippen molar-refractivity contribution >= 4 is 33.1 Å². The van der Waals surface area contributed by atoms with Crippen molar-refractivity contribution < 1.29 is 4.79 Å². The lowest BCUT2D eigenvalue weighted by Gasteiger charge is -2.07. The summed E-state index contributed by atoms with van der Waals surface area (Å²) in [5.74, 6) is -0.140. The summed E-state index contributed by atoms with van der Waals surface area (Å²) in [7, 11) is 0. The average molecular weight is 299 g/mol. The van der Waals surface area contributed by atoms with E-state index >= 15 is 0 Å². The van der Waals surface area contributed by atoms with E-state index in [4.69, 9.17) is 0 Å². The second kappa shape index (κ2) is 5.50. The van der Waals surface area contributed by atoms with Crippen LogP contribution in [0.2, 0.25) is 0 Å². The number of carbonyl (C=O) groups is 1. The van der Waals surface area contributed by atoms with Gasteiger partial charge < -0.3 is 5.32 Å². The molecule has 0 saturated heterocycles. The van der Waals surface area contributed by atoms with Crippen LogP contribution in [0.15, 0.2) is 73.1 Å². The molecular formula is C19H13N3O. The van der Waals surface area contributed by atoms with Crippen LogP contribution in [0, 0.1) is 0 Å². The van der Waals surface area contributed by atoms with E-state index < -0.39 is 0 Å². The van der Waals surface area contributed by atoms with Gasteiger partial charge >= 0.3 is 0 Å². The molecule has 0 saturated carbocycles. The van der Waals surface area contributed by atoms with E-state index in [1.807, 2.05) is 54.6 Å². The highest BCUT2D eigenvalue weighted by Crippen LogP contribution is 2.20. The first-order chi connectivity index (χ1) is 11.3. The Hall–Kier alpha value is -3.27. The van der Waals surface area contributed by atoms with Crippen LogP contribution >= 0.6 is 0 Å². The van der Waals surface area contributed by atoms with E-state index in [0.717, 1.165) is 27.2 Å². The minimum Gasteiger partial charge on any atom is -0.322 e. The number of anilines is 1. The van der Waals surface area contributed by atoms with Gasteiger partial charge in [0.1, 0.15) is 0 Å². The lowest BCUT2D eigenvalue weighted by Crippen LogP contribution is -2.11. The summed E-state index contributed by atoms with van der Waals surface area (Å²) in [6.07, 6.45) is 3.34. The highest BCUT2D eigenvalue weighted by Gasteiger charge is 2.07. The average Bonchev–Trinajstić information content (AvgIpc) is 2.61. The fraction of sp³-hybridized carbons (Fsp3) is 0. The van der Waals surface area contributed by atoms with Gasteiger partial charge in [-0.3, -0.25) is 4.79 Å². The molecular weight excluding hydrogens is 286 g/mol. The van der Waals surface area contributed by atoms with Crippen molar-refractivity contribution in [1.82, 2.24) is 10.2 Å². The van der Waals surface area contributed by atoms with Gasteiger partial charge in [-0.25, -0.2) is 0 Å². The molecule has 3 aromatic carbocycles. The maximum Gasteiger partial charge on any atom is 0.255 e. The van der Waals surface area contributed by atoms with Gasteiger partial charge in [-0.2, -0.15) is 10.2 Å². The van der Waals surface area contributed by atoms with Gasteiger partial charge in [-0.05, 0) is 35.0 Å². The molecule has 4 nitrogen and oxygen atoms in total. The number of carbonyl (C=O) groups excluding carboxylic acids is 1. The third-order valence-corrected chi connectivity index (χ3v) is 3.82. The van der Waals surface area contributed by atoms with Crippen molar-refractivity contribution in [2.75, 3.05) is 5.32 Å². The minimum absolute atomic E-state index is 0.140. The molecule has 4 heteroatoms. The van der Waals surface area contributed by atoms with Crippen molar-refractivity contribution in [1.29, 1.82) is 0 Å². The molecule has 1 aromatic heterocycles.